The Kier molecular flexibility index (Phi) is 3.02. The minimum absolute atomic E-state index is 0.0620. The van der Waals surface area contributed by atoms with Gasteiger partial charge in [0.25, 0.3) is 0 Å². The highest BCUT2D eigenvalue weighted by atomic mass is 35.5. The average Bonchev–Trinajstić information content (AvgIpc) is 2.29. The maximum atomic E-state index is 11.2. The van der Waals surface area contributed by atoms with E-state index < -0.39 is 0 Å². The molecule has 0 aliphatic heterocycles. The van der Waals surface area contributed by atoms with Crippen molar-refractivity contribution in [3.63, 3.8) is 0 Å². The summed E-state index contributed by atoms with van der Waals surface area (Å²) in [7, 11) is 0. The fraction of sp³-hybridized carbons (Fsp3) is 0.154. The molecule has 15 heavy (non-hydrogen) atoms. The van der Waals surface area contributed by atoms with Gasteiger partial charge in [0.2, 0.25) is 0 Å². The zero-order valence-corrected chi connectivity index (χ0v) is 9.00. The van der Waals surface area contributed by atoms with E-state index in [0.29, 0.717) is 6.42 Å². The largest absolute Gasteiger partial charge is 0.298 e. The molecule has 0 radical (unpaired) electrons. The van der Waals surface area contributed by atoms with Gasteiger partial charge in [-0.2, -0.15) is 0 Å². The molecule has 0 atom stereocenters. The number of alkyl halides is 1. The van der Waals surface area contributed by atoms with Gasteiger partial charge in [0.05, 0.1) is 5.88 Å². The lowest BCUT2D eigenvalue weighted by molar-refractivity contribution is -0.116. The molecule has 0 fully saturated rings. The van der Waals surface area contributed by atoms with Crippen molar-refractivity contribution in [1.82, 2.24) is 0 Å². The standard InChI is InChI=1S/C13H11ClO/c14-9-13(15)8-10-5-6-11-3-1-2-4-12(11)7-10/h1-7H,8-9H2. The normalized spacial score (nSPS) is 10.5. The lowest BCUT2D eigenvalue weighted by Gasteiger charge is -2.01. The molecule has 0 N–H and O–H groups in total. The first-order valence-corrected chi connectivity index (χ1v) is 5.38. The summed E-state index contributed by atoms with van der Waals surface area (Å²) in [6, 6.07) is 14.2. The van der Waals surface area contributed by atoms with Gasteiger partial charge in [0, 0.05) is 6.42 Å². The number of Topliss-reactive ketones (excluding diaryl/α,β-unsaturated/α-hetero) is 1. The van der Waals surface area contributed by atoms with Crippen LogP contribution in [-0.4, -0.2) is 11.7 Å². The smallest absolute Gasteiger partial charge is 0.151 e. The van der Waals surface area contributed by atoms with Gasteiger partial charge in [-0.05, 0) is 16.3 Å². The van der Waals surface area contributed by atoms with Crippen LogP contribution < -0.4 is 0 Å². The highest BCUT2D eigenvalue weighted by molar-refractivity contribution is 6.27. The van der Waals surface area contributed by atoms with Gasteiger partial charge in [0.1, 0.15) is 0 Å². The van der Waals surface area contributed by atoms with E-state index in [4.69, 9.17) is 11.6 Å². The lowest BCUT2D eigenvalue weighted by Crippen LogP contribution is -2.03. The third kappa shape index (κ3) is 2.37. The second-order valence-electron chi connectivity index (χ2n) is 3.53. The second kappa shape index (κ2) is 4.45. The van der Waals surface area contributed by atoms with Crippen LogP contribution in [0.15, 0.2) is 42.5 Å². The minimum Gasteiger partial charge on any atom is -0.298 e. The molecule has 0 amide bonds. The molecule has 2 aromatic carbocycles. The molecule has 0 spiro atoms. The van der Waals surface area contributed by atoms with Crippen LogP contribution in [0.3, 0.4) is 0 Å². The van der Waals surface area contributed by atoms with Crippen LogP contribution in [0.2, 0.25) is 0 Å². The Balaban J connectivity index is 2.34. The van der Waals surface area contributed by atoms with E-state index in [0.717, 1.165) is 10.9 Å². The molecule has 76 valence electrons. The molecular formula is C13H11ClO. The molecule has 0 aliphatic carbocycles. The van der Waals surface area contributed by atoms with Gasteiger partial charge in [-0.3, -0.25) is 4.79 Å². The average molecular weight is 219 g/mol. The number of hydrogen-bond donors (Lipinski definition) is 0. The van der Waals surface area contributed by atoms with Gasteiger partial charge in [0.15, 0.2) is 5.78 Å². The van der Waals surface area contributed by atoms with Crippen LogP contribution in [0.1, 0.15) is 5.56 Å². The maximum Gasteiger partial charge on any atom is 0.151 e. The summed E-state index contributed by atoms with van der Waals surface area (Å²) in [4.78, 5) is 11.2. The van der Waals surface area contributed by atoms with Crippen molar-refractivity contribution in [2.24, 2.45) is 0 Å². The van der Waals surface area contributed by atoms with E-state index in [1.165, 1.54) is 5.39 Å². The molecule has 0 aromatic heterocycles. The summed E-state index contributed by atoms with van der Waals surface area (Å²) in [6.07, 6.45) is 0.425. The van der Waals surface area contributed by atoms with E-state index in [9.17, 15) is 4.79 Å². The molecular weight excluding hydrogens is 208 g/mol. The van der Waals surface area contributed by atoms with Gasteiger partial charge in [-0.15, -0.1) is 11.6 Å². The number of benzene rings is 2. The number of carbonyl (C=O) groups excluding carboxylic acids is 1. The van der Waals surface area contributed by atoms with Gasteiger partial charge in [-0.1, -0.05) is 42.5 Å². The second-order valence-corrected chi connectivity index (χ2v) is 3.80. The lowest BCUT2D eigenvalue weighted by atomic mass is 10.0. The summed E-state index contributed by atoms with van der Waals surface area (Å²) in [5.41, 5.74) is 1.03. The first-order chi connectivity index (χ1) is 7.29. The number of rotatable bonds is 3. The number of fused-ring (bicyclic) bond motifs is 1. The first kappa shape index (κ1) is 10.2. The van der Waals surface area contributed by atoms with Crippen LogP contribution in [0.4, 0.5) is 0 Å². The van der Waals surface area contributed by atoms with Crippen molar-refractivity contribution in [3.05, 3.63) is 48.0 Å². The highest BCUT2D eigenvalue weighted by Crippen LogP contribution is 2.16. The van der Waals surface area contributed by atoms with Crippen LogP contribution in [0, 0.1) is 0 Å². The van der Waals surface area contributed by atoms with Crippen LogP contribution in [-0.2, 0) is 11.2 Å². The van der Waals surface area contributed by atoms with E-state index in [-0.39, 0.29) is 11.7 Å². The fourth-order valence-corrected chi connectivity index (χ4v) is 1.72. The maximum absolute atomic E-state index is 11.2. The first-order valence-electron chi connectivity index (χ1n) is 4.85. The summed E-state index contributed by atoms with van der Waals surface area (Å²) < 4.78 is 0. The van der Waals surface area contributed by atoms with Gasteiger partial charge >= 0.3 is 0 Å². The number of hydrogen-bond acceptors (Lipinski definition) is 1. The van der Waals surface area contributed by atoms with E-state index >= 15 is 0 Å². The number of ketones is 1. The Morgan fingerprint density at radius 1 is 1.07 bits per heavy atom. The van der Waals surface area contributed by atoms with Gasteiger partial charge < -0.3 is 0 Å². The zero-order chi connectivity index (χ0) is 10.7. The summed E-state index contributed by atoms with van der Waals surface area (Å²) in [5, 5.41) is 2.36. The Hall–Kier alpha value is -1.34. The van der Waals surface area contributed by atoms with E-state index in [2.05, 4.69) is 6.07 Å². The van der Waals surface area contributed by atoms with Crippen molar-refractivity contribution in [2.45, 2.75) is 6.42 Å². The third-order valence-corrected chi connectivity index (χ3v) is 2.66. The predicted molar refractivity (Wildman–Crippen MR) is 63.4 cm³/mol. The molecule has 0 saturated carbocycles. The zero-order valence-electron chi connectivity index (χ0n) is 8.24. The minimum atomic E-state index is 0.0620. The molecule has 0 saturated heterocycles. The summed E-state index contributed by atoms with van der Waals surface area (Å²) >= 11 is 5.47. The van der Waals surface area contributed by atoms with Crippen molar-refractivity contribution >= 4 is 28.2 Å². The van der Waals surface area contributed by atoms with Crippen LogP contribution >= 0.6 is 11.6 Å². The highest BCUT2D eigenvalue weighted by Gasteiger charge is 2.02. The van der Waals surface area contributed by atoms with Gasteiger partial charge in [-0.25, -0.2) is 0 Å². The van der Waals surface area contributed by atoms with Crippen molar-refractivity contribution < 1.29 is 4.79 Å². The molecule has 2 aromatic rings. The monoisotopic (exact) mass is 218 g/mol. The number of halogens is 1. The quantitative estimate of drug-likeness (QED) is 0.724. The Bertz CT molecular complexity index is 491. The SMILES string of the molecule is O=C(CCl)Cc1ccc2ccccc2c1. The van der Waals surface area contributed by atoms with Crippen LogP contribution in [0.25, 0.3) is 10.8 Å². The molecule has 0 bridgehead atoms. The molecule has 0 aliphatic rings. The van der Waals surface area contributed by atoms with Crippen molar-refractivity contribution in [2.75, 3.05) is 5.88 Å². The predicted octanol–water partition coefficient (Wildman–Crippen LogP) is 3.19. The Labute approximate surface area is 93.7 Å². The number of carbonyl (C=O) groups is 1. The van der Waals surface area contributed by atoms with E-state index in [1.54, 1.807) is 0 Å². The fourth-order valence-electron chi connectivity index (χ4n) is 1.62. The Morgan fingerprint density at radius 2 is 1.80 bits per heavy atom. The molecule has 0 unspecified atom stereocenters. The molecule has 0 heterocycles. The topological polar surface area (TPSA) is 17.1 Å². The van der Waals surface area contributed by atoms with Crippen molar-refractivity contribution in [1.29, 1.82) is 0 Å². The Morgan fingerprint density at radius 3 is 2.53 bits per heavy atom. The van der Waals surface area contributed by atoms with Crippen LogP contribution in [0.5, 0.6) is 0 Å². The van der Waals surface area contributed by atoms with E-state index in [1.807, 2.05) is 36.4 Å². The molecule has 2 rings (SSSR count). The summed E-state index contributed by atoms with van der Waals surface area (Å²) in [5.74, 6) is 0.152. The van der Waals surface area contributed by atoms with Crippen molar-refractivity contribution in [3.8, 4) is 0 Å². The summed E-state index contributed by atoms with van der Waals surface area (Å²) in [6.45, 7) is 0. The molecule has 2 heteroatoms. The molecule has 1 nitrogen and oxygen atoms in total. The third-order valence-electron chi connectivity index (χ3n) is 2.36.